The van der Waals surface area contributed by atoms with Crippen molar-refractivity contribution < 1.29 is 23.5 Å². The van der Waals surface area contributed by atoms with E-state index in [-0.39, 0.29) is 40.9 Å². The third-order valence-corrected chi connectivity index (χ3v) is 12.5. The van der Waals surface area contributed by atoms with Gasteiger partial charge in [-0.05, 0) is 56.4 Å². The molecule has 44 heavy (non-hydrogen) atoms. The number of esters is 1. The number of carbonyl (C=O) groups excluding carboxylic acids is 3. The number of carbonyl (C=O) groups is 3. The molecule has 0 spiro atoms. The lowest BCUT2D eigenvalue weighted by molar-refractivity contribution is -0.145. The maximum Gasteiger partial charge on any atom is 0.330 e. The summed E-state index contributed by atoms with van der Waals surface area (Å²) in [5.74, 6) is -0.914. The Morgan fingerprint density at radius 2 is 1.75 bits per heavy atom. The first-order valence-corrected chi connectivity index (χ1v) is 18.7. The van der Waals surface area contributed by atoms with Crippen molar-refractivity contribution in [1.82, 2.24) is 10.6 Å². The molecule has 0 aliphatic carbocycles. The first kappa shape index (κ1) is 39.3. The first-order chi connectivity index (χ1) is 20.2. The van der Waals surface area contributed by atoms with E-state index in [4.69, 9.17) is 20.8 Å². The van der Waals surface area contributed by atoms with E-state index in [0.29, 0.717) is 19.3 Å². The third-order valence-electron chi connectivity index (χ3n) is 7.81. The molecule has 4 atom stereocenters. The summed E-state index contributed by atoms with van der Waals surface area (Å²) in [5.41, 5.74) is 0.471. The second-order valence-corrected chi connectivity index (χ2v) is 19.4. The zero-order chi connectivity index (χ0) is 33.7. The zero-order valence-electron chi connectivity index (χ0n) is 28.6. The fraction of sp³-hybridized carbons (Fsp3) is 0.571. The molecule has 1 heterocycles. The van der Waals surface area contributed by atoms with Gasteiger partial charge in [0.15, 0.2) is 8.32 Å². The quantitative estimate of drug-likeness (QED) is 0.0862. The normalized spacial score (nSPS) is 19.4. The van der Waals surface area contributed by atoms with Crippen LogP contribution >= 0.6 is 11.6 Å². The van der Waals surface area contributed by atoms with E-state index in [1.807, 2.05) is 71.9 Å². The van der Waals surface area contributed by atoms with Crippen molar-refractivity contribution in [3.63, 3.8) is 0 Å². The van der Waals surface area contributed by atoms with Gasteiger partial charge in [-0.15, -0.1) is 0 Å². The Morgan fingerprint density at radius 1 is 1.11 bits per heavy atom. The summed E-state index contributed by atoms with van der Waals surface area (Å²) in [6.07, 6.45) is 19.2. The molecule has 2 amide bonds. The number of nitrogens with one attached hydrogen (secondary N) is 2. The Bertz CT molecular complexity index is 1160. The van der Waals surface area contributed by atoms with Crippen molar-refractivity contribution in [2.75, 3.05) is 0 Å². The molecule has 0 radical (unpaired) electrons. The van der Waals surface area contributed by atoms with Gasteiger partial charge in [-0.25, -0.2) is 4.79 Å². The van der Waals surface area contributed by atoms with Crippen LogP contribution in [0.1, 0.15) is 81.6 Å². The zero-order valence-corrected chi connectivity index (χ0v) is 30.4. The summed E-state index contributed by atoms with van der Waals surface area (Å²) in [6, 6.07) is -0.746. The molecule has 0 fully saturated rings. The molecule has 0 bridgehead atoms. The van der Waals surface area contributed by atoms with Gasteiger partial charge in [0.05, 0.1) is 6.10 Å². The van der Waals surface area contributed by atoms with Gasteiger partial charge in [0.2, 0.25) is 11.8 Å². The van der Waals surface area contributed by atoms with Crippen LogP contribution in [0.15, 0.2) is 71.5 Å². The van der Waals surface area contributed by atoms with Gasteiger partial charge in [-0.1, -0.05) is 108 Å². The number of allylic oxidation sites excluding steroid dienone is 5. The van der Waals surface area contributed by atoms with Crippen molar-refractivity contribution in [1.29, 1.82) is 0 Å². The van der Waals surface area contributed by atoms with Crippen molar-refractivity contribution in [3.8, 4) is 0 Å². The molecule has 2 N–H and O–H groups in total. The molecule has 0 saturated heterocycles. The lowest BCUT2D eigenvalue weighted by atomic mass is 9.86. The first-order valence-electron chi connectivity index (χ1n) is 15.4. The summed E-state index contributed by atoms with van der Waals surface area (Å²) < 4.78 is 12.0. The Labute approximate surface area is 272 Å². The summed E-state index contributed by atoms with van der Waals surface area (Å²) in [7, 11) is -1.99. The van der Waals surface area contributed by atoms with Gasteiger partial charge >= 0.3 is 5.97 Å². The highest BCUT2D eigenvalue weighted by atomic mass is 35.5. The predicted octanol–water partition coefficient (Wildman–Crippen LogP) is 8.03. The van der Waals surface area contributed by atoms with Crippen LogP contribution in [-0.2, 0) is 23.5 Å². The molecule has 1 aliphatic rings. The van der Waals surface area contributed by atoms with Crippen molar-refractivity contribution in [2.24, 2.45) is 11.3 Å². The van der Waals surface area contributed by atoms with E-state index in [1.54, 1.807) is 18.4 Å². The van der Waals surface area contributed by atoms with Crippen molar-refractivity contribution >= 4 is 37.7 Å². The topological polar surface area (TPSA) is 93.7 Å². The number of hydrogen-bond donors (Lipinski definition) is 2. The van der Waals surface area contributed by atoms with Gasteiger partial charge in [0.1, 0.15) is 12.1 Å². The average Bonchev–Trinajstić information content (AvgIpc) is 2.89. The Morgan fingerprint density at radius 3 is 2.32 bits per heavy atom. The predicted molar refractivity (Wildman–Crippen MR) is 184 cm³/mol. The molecule has 246 valence electrons. The molecular weight excluding hydrogens is 592 g/mol. The number of hydrogen-bond acceptors (Lipinski definition) is 5. The fourth-order valence-corrected chi connectivity index (χ4v) is 5.64. The van der Waals surface area contributed by atoms with Crippen molar-refractivity contribution in [3.05, 3.63) is 71.5 Å². The minimum absolute atomic E-state index is 0.0577. The van der Waals surface area contributed by atoms with E-state index in [2.05, 4.69) is 44.5 Å². The van der Waals surface area contributed by atoms with Crippen LogP contribution in [0, 0.1) is 11.3 Å². The molecule has 1 rings (SSSR count). The monoisotopic (exact) mass is 646 g/mol. The fourth-order valence-electron chi connectivity index (χ4n) is 4.17. The van der Waals surface area contributed by atoms with Gasteiger partial charge < -0.3 is 19.8 Å². The minimum atomic E-state index is -1.99. The molecular formula is C35H55ClN2O5Si. The standard InChI is InChI=1S/C35H55ClN2O5Si/c1-25(24-26(2)29-18-14-20-31(40)42-29)16-12-13-19-30(39)38-32(34(4,5)6)33(41)37-23-15-17-28(22-21-27(3)36)43-44(10,11)35(7,8)9/h12-16,19-21,23-24,26,28-29,32H,17-18,22H2,1-11H3,(H,37,41)(H,38,39)/b16-12-,19-13-,23-15-,25-24+,27-21+/t26-,28-,29-,32+/m0/s1. The highest BCUT2D eigenvalue weighted by Crippen LogP contribution is 2.38. The van der Waals surface area contributed by atoms with Gasteiger partial charge in [-0.3, -0.25) is 9.59 Å². The molecule has 0 aromatic heterocycles. The number of amides is 2. The lowest BCUT2D eigenvalue weighted by Crippen LogP contribution is -2.52. The summed E-state index contributed by atoms with van der Waals surface area (Å²) in [5, 5.41) is 6.47. The SMILES string of the molecule is C/C(Cl)=C\C[C@H](C/C=C\NC(=O)[C@@H](NC(=O)\C=C/C=C\C(C)=C\[C@H](C)[C@@H]1CC=CC(=O)O1)C(C)(C)C)O[Si](C)(C)C(C)(C)C. The van der Waals surface area contributed by atoms with Crippen LogP contribution in [0.3, 0.4) is 0 Å². The maximum atomic E-state index is 13.1. The van der Waals surface area contributed by atoms with E-state index < -0.39 is 19.8 Å². The van der Waals surface area contributed by atoms with E-state index in [9.17, 15) is 14.4 Å². The molecule has 0 aromatic carbocycles. The smallest absolute Gasteiger partial charge is 0.330 e. The van der Waals surface area contributed by atoms with E-state index >= 15 is 0 Å². The Kier molecular flexibility index (Phi) is 15.8. The van der Waals surface area contributed by atoms with Gasteiger partial charge in [0, 0.05) is 29.5 Å². The summed E-state index contributed by atoms with van der Waals surface area (Å²) in [6.45, 7) is 22.6. The molecule has 1 aliphatic heterocycles. The van der Waals surface area contributed by atoms with Crippen LogP contribution in [-0.4, -0.2) is 44.4 Å². The second-order valence-electron chi connectivity index (χ2n) is 14.1. The Hall–Kier alpha value is -2.68. The van der Waals surface area contributed by atoms with Gasteiger partial charge in [-0.2, -0.15) is 0 Å². The van der Waals surface area contributed by atoms with Crippen LogP contribution < -0.4 is 10.6 Å². The number of halogens is 1. The highest BCUT2D eigenvalue weighted by molar-refractivity contribution is 6.74. The highest BCUT2D eigenvalue weighted by Gasteiger charge is 2.39. The number of rotatable bonds is 14. The van der Waals surface area contributed by atoms with E-state index in [1.165, 1.54) is 12.2 Å². The van der Waals surface area contributed by atoms with Crippen LogP contribution in [0.4, 0.5) is 0 Å². The van der Waals surface area contributed by atoms with Crippen LogP contribution in [0.5, 0.6) is 0 Å². The molecule has 0 saturated carbocycles. The minimum Gasteiger partial charge on any atom is -0.458 e. The lowest BCUT2D eigenvalue weighted by Gasteiger charge is -2.39. The summed E-state index contributed by atoms with van der Waals surface area (Å²) in [4.78, 5) is 37.3. The molecule has 7 nitrogen and oxygen atoms in total. The van der Waals surface area contributed by atoms with Crippen molar-refractivity contribution in [2.45, 2.75) is 118 Å². The number of cyclic esters (lactones) is 1. The molecule has 0 aromatic rings. The van der Waals surface area contributed by atoms with Gasteiger partial charge in [0.25, 0.3) is 0 Å². The summed E-state index contributed by atoms with van der Waals surface area (Å²) >= 11 is 6.09. The third kappa shape index (κ3) is 14.9. The van der Waals surface area contributed by atoms with Crippen LogP contribution in [0.2, 0.25) is 18.1 Å². The van der Waals surface area contributed by atoms with Crippen LogP contribution in [0.25, 0.3) is 0 Å². The number of ether oxygens (including phenoxy) is 1. The molecule has 0 unspecified atom stereocenters. The largest absolute Gasteiger partial charge is 0.458 e. The average molecular weight is 647 g/mol. The Balaban J connectivity index is 2.78. The second kappa shape index (κ2) is 17.7. The molecule has 9 heteroatoms. The van der Waals surface area contributed by atoms with E-state index in [0.717, 1.165) is 10.6 Å². The maximum absolute atomic E-state index is 13.1.